The van der Waals surface area contributed by atoms with Crippen LogP contribution in [0.1, 0.15) is 24.2 Å². The Labute approximate surface area is 247 Å². The fourth-order valence-electron chi connectivity index (χ4n) is 4.51. The van der Waals surface area contributed by atoms with Gasteiger partial charge >= 0.3 is 7.82 Å². The Balaban J connectivity index is 1.16. The van der Waals surface area contributed by atoms with Crippen LogP contribution in [0.4, 0.5) is 5.82 Å². The topological polar surface area (TPSA) is 321 Å². The van der Waals surface area contributed by atoms with Crippen LogP contribution in [0.2, 0.25) is 0 Å². The summed E-state index contributed by atoms with van der Waals surface area (Å²) in [4.78, 5) is 45.6. The zero-order valence-corrected chi connectivity index (χ0v) is 23.9. The second kappa shape index (κ2) is 12.4. The number of amides is 1. The second-order valence-electron chi connectivity index (χ2n) is 9.58. The van der Waals surface area contributed by atoms with E-state index in [2.05, 4.69) is 28.3 Å². The number of carbonyl (C=O) groups is 1. The number of primary amides is 1. The number of phosphoric ester groups is 2. The van der Waals surface area contributed by atoms with Crippen molar-refractivity contribution >= 4 is 38.5 Å². The molecule has 0 radical (unpaired) electrons. The molecule has 3 aromatic heterocycles. The number of fused-ring (bicyclic) bond motifs is 1. The number of carbonyl (C=O) groups excluding carboxylic acids is 1. The normalized spacial score (nSPS) is 31.9. The minimum absolute atomic E-state index is 0.0385. The van der Waals surface area contributed by atoms with Gasteiger partial charge in [0.25, 0.3) is 20.0 Å². The predicted molar refractivity (Wildman–Crippen MR) is 137 cm³/mol. The standard InChI is InChI=1S/C21H27N7O14P2/c22-17-12-19(25-7-24-17)28(8-26-12)21-16(32)14(30)11(41-21)6-39-44(36,37)42-43(34,35)38-5-10-13(29)15(31)20(40-10)27-3-1-2-9(4-27)18(23)33/h1-4,7-8,10-11,13-16,20-21,29-32H,5-6H2,(H5-,22,23,24,25,33,34,35,36,37)/t10-,11-,13-,14-,15-,16-,20-,21-/m1/s1/i2T. The number of nitrogen functional groups attached to an aromatic ring is 1. The highest BCUT2D eigenvalue weighted by molar-refractivity contribution is 7.60. The van der Waals surface area contributed by atoms with Gasteiger partial charge in [0.05, 0.1) is 20.9 Å². The number of nitrogens with two attached hydrogens (primary N) is 2. The summed E-state index contributed by atoms with van der Waals surface area (Å²) in [6, 6.07) is 0.955. The number of hydrogen-bond acceptors (Lipinski definition) is 17. The largest absolute Gasteiger partial charge is 0.756 e. The van der Waals surface area contributed by atoms with Crippen molar-refractivity contribution in [3.8, 4) is 0 Å². The van der Waals surface area contributed by atoms with Gasteiger partial charge in [-0.05, 0) is 6.04 Å². The lowest BCUT2D eigenvalue weighted by Crippen LogP contribution is -2.46. The summed E-state index contributed by atoms with van der Waals surface area (Å²) < 4.78 is 59.1. The number of ether oxygens (including phenoxy) is 2. The Morgan fingerprint density at radius 1 is 1.09 bits per heavy atom. The molecule has 3 aromatic rings. The van der Waals surface area contributed by atoms with Crippen LogP contribution in [0.3, 0.4) is 0 Å². The first kappa shape index (κ1) is 31.0. The highest BCUT2D eigenvalue weighted by Crippen LogP contribution is 2.58. The van der Waals surface area contributed by atoms with Gasteiger partial charge < -0.3 is 55.7 Å². The van der Waals surface area contributed by atoms with Crippen LogP contribution in [0.15, 0.2) is 37.2 Å². The number of aliphatic hydroxyl groups excluding tert-OH is 4. The minimum atomic E-state index is -5.65. The van der Waals surface area contributed by atoms with Gasteiger partial charge in [-0.2, -0.15) is 4.57 Å². The van der Waals surface area contributed by atoms with Gasteiger partial charge in [0, 0.05) is 6.07 Å². The molecule has 23 heteroatoms. The highest BCUT2D eigenvalue weighted by Gasteiger charge is 2.49. The van der Waals surface area contributed by atoms with E-state index in [0.717, 1.165) is 17.1 Å². The molecule has 0 aromatic carbocycles. The molecule has 21 nitrogen and oxygen atoms in total. The molecule has 5 rings (SSSR count). The number of pyridine rings is 1. The molecule has 240 valence electrons. The summed E-state index contributed by atoms with van der Waals surface area (Å²) >= 11 is 0. The number of nitrogens with zero attached hydrogens (tertiary/aromatic N) is 5. The zero-order chi connectivity index (χ0) is 32.8. The van der Waals surface area contributed by atoms with Gasteiger partial charge in [0.1, 0.15) is 47.9 Å². The molecule has 2 fully saturated rings. The summed E-state index contributed by atoms with van der Waals surface area (Å²) in [5, 5.41) is 41.6. The summed E-state index contributed by atoms with van der Waals surface area (Å²) in [7, 11) is -11.1. The van der Waals surface area contributed by atoms with Gasteiger partial charge in [-0.15, -0.1) is 0 Å². The molecule has 2 unspecified atom stereocenters. The Kier molecular flexibility index (Phi) is 8.74. The van der Waals surface area contributed by atoms with Gasteiger partial charge in [-0.3, -0.25) is 18.5 Å². The first-order chi connectivity index (χ1) is 21.1. The fourth-order valence-corrected chi connectivity index (χ4v) is 6.56. The van der Waals surface area contributed by atoms with Gasteiger partial charge in [-0.25, -0.2) is 23.8 Å². The maximum absolute atomic E-state index is 12.4. The molecule has 2 aliphatic heterocycles. The van der Waals surface area contributed by atoms with Crippen molar-refractivity contribution in [2.45, 2.75) is 49.1 Å². The van der Waals surface area contributed by atoms with Crippen molar-refractivity contribution < 1.29 is 72.9 Å². The van der Waals surface area contributed by atoms with E-state index in [9.17, 15) is 44.1 Å². The Morgan fingerprint density at radius 3 is 2.50 bits per heavy atom. The van der Waals surface area contributed by atoms with Crippen LogP contribution in [0, 0.1) is 0 Å². The molecule has 2 aliphatic rings. The van der Waals surface area contributed by atoms with E-state index in [4.69, 9.17) is 22.3 Å². The molecular weight excluding hydrogens is 636 g/mol. The highest BCUT2D eigenvalue weighted by atomic mass is 31.3. The van der Waals surface area contributed by atoms with Crippen LogP contribution in [-0.4, -0.2) is 101 Å². The van der Waals surface area contributed by atoms with Gasteiger partial charge in [0.2, 0.25) is 0 Å². The van der Waals surface area contributed by atoms with E-state index in [-0.39, 0.29) is 28.6 Å². The average Bonchev–Trinajstić information content (AvgIpc) is 3.61. The van der Waals surface area contributed by atoms with Crippen LogP contribution < -0.4 is 20.9 Å². The number of imidazole rings is 1. The smallest absolute Gasteiger partial charge is 0.478 e. The predicted octanol–water partition coefficient (Wildman–Crippen LogP) is -3.65. The molecule has 5 heterocycles. The molecule has 10 atom stereocenters. The number of aromatic nitrogens is 5. The molecule has 9 N–H and O–H groups in total. The zero-order valence-electron chi connectivity index (χ0n) is 23.1. The first-order valence-corrected chi connectivity index (χ1v) is 15.5. The monoisotopic (exact) mass is 665 g/mol. The van der Waals surface area contributed by atoms with E-state index < -0.39 is 83.8 Å². The minimum Gasteiger partial charge on any atom is -0.756 e. The van der Waals surface area contributed by atoms with Gasteiger partial charge in [0.15, 0.2) is 36.2 Å². The summed E-state index contributed by atoms with van der Waals surface area (Å²) in [6.45, 7) is -1.94. The van der Waals surface area contributed by atoms with Crippen LogP contribution in [-0.2, 0) is 32.0 Å². The molecule has 0 spiro atoms. The summed E-state index contributed by atoms with van der Waals surface area (Å²) in [5.74, 6) is -0.906. The van der Waals surface area contributed by atoms with Crippen molar-refractivity contribution in [1.82, 2.24) is 19.5 Å². The number of rotatable bonds is 11. The SMILES string of the molecule is [3H]c1cc[n+]([C@@H]2O[C@H](COP(=O)([O-])OP(=O)(O)OC[C@H]3O[C@@H](n4cnc5c(N)ncnc54)[C@H](O)[C@@H]3O)[C@@H](O)[C@H]2O)cc1C(N)=O. The Bertz CT molecular complexity index is 1680. The third kappa shape index (κ3) is 6.65. The third-order valence-corrected chi connectivity index (χ3v) is 9.23. The molecule has 44 heavy (non-hydrogen) atoms. The van der Waals surface area contributed by atoms with Crippen LogP contribution in [0.5, 0.6) is 0 Å². The van der Waals surface area contributed by atoms with E-state index in [1.807, 2.05) is 0 Å². The van der Waals surface area contributed by atoms with Crippen molar-refractivity contribution in [1.29, 1.82) is 0 Å². The van der Waals surface area contributed by atoms with Gasteiger partial charge in [-0.1, -0.05) is 0 Å². The number of aliphatic hydroxyl groups is 4. The Morgan fingerprint density at radius 2 is 1.77 bits per heavy atom. The lowest BCUT2D eigenvalue weighted by atomic mass is 10.1. The first-order valence-electron chi connectivity index (χ1n) is 13.0. The maximum Gasteiger partial charge on any atom is 0.478 e. The van der Waals surface area contributed by atoms with Crippen molar-refractivity contribution in [3.05, 3.63) is 42.7 Å². The summed E-state index contributed by atoms with van der Waals surface area (Å²) in [6.07, 6.45) is -7.67. The molecule has 0 saturated carbocycles. The van der Waals surface area contributed by atoms with E-state index in [0.29, 0.717) is 0 Å². The van der Waals surface area contributed by atoms with Crippen molar-refractivity contribution in [2.24, 2.45) is 5.73 Å². The number of phosphoric acid groups is 2. The van der Waals surface area contributed by atoms with E-state index >= 15 is 0 Å². The van der Waals surface area contributed by atoms with Crippen LogP contribution in [0.25, 0.3) is 11.2 Å². The summed E-state index contributed by atoms with van der Waals surface area (Å²) in [5.41, 5.74) is 11.1. The van der Waals surface area contributed by atoms with E-state index in [1.165, 1.54) is 23.2 Å². The molecular formula is C21H27N7O14P2. The lowest BCUT2D eigenvalue weighted by molar-refractivity contribution is -0.765. The lowest BCUT2D eigenvalue weighted by Gasteiger charge is -2.26. The molecule has 0 aliphatic carbocycles. The maximum atomic E-state index is 12.4. The number of anilines is 1. The fraction of sp³-hybridized carbons (Fsp3) is 0.476. The molecule has 0 bridgehead atoms. The third-order valence-electron chi connectivity index (χ3n) is 6.66. The Hall–Kier alpha value is -3.01. The average molecular weight is 665 g/mol. The second-order valence-corrected chi connectivity index (χ2v) is 12.6. The number of hydrogen-bond donors (Lipinski definition) is 7. The molecule has 1 amide bonds. The molecule has 2 saturated heterocycles. The van der Waals surface area contributed by atoms with Crippen molar-refractivity contribution in [2.75, 3.05) is 18.9 Å². The van der Waals surface area contributed by atoms with E-state index in [1.54, 1.807) is 0 Å². The van der Waals surface area contributed by atoms with Crippen molar-refractivity contribution in [3.63, 3.8) is 0 Å². The van der Waals surface area contributed by atoms with Crippen LogP contribution >= 0.6 is 15.6 Å². The quantitative estimate of drug-likeness (QED) is 0.0767.